The summed E-state index contributed by atoms with van der Waals surface area (Å²) >= 11 is 0. The molecule has 0 aliphatic carbocycles. The van der Waals surface area contributed by atoms with Crippen molar-refractivity contribution in [3.05, 3.63) is 11.6 Å². The van der Waals surface area contributed by atoms with E-state index < -0.39 is 5.97 Å². The quantitative estimate of drug-likeness (QED) is 0.544. The van der Waals surface area contributed by atoms with E-state index in [4.69, 9.17) is 15.0 Å². The highest BCUT2D eigenvalue weighted by Crippen LogP contribution is 2.12. The number of hydrogen-bond donors (Lipinski definition) is 2. The molecule has 0 aliphatic rings. The van der Waals surface area contributed by atoms with E-state index in [9.17, 15) is 0 Å². The zero-order valence-corrected chi connectivity index (χ0v) is 11.0. The van der Waals surface area contributed by atoms with Crippen molar-refractivity contribution in [1.82, 2.24) is 0 Å². The van der Waals surface area contributed by atoms with E-state index in [-0.39, 0.29) is 0 Å². The number of carboxylic acids is 1. The normalized spacial score (nSPS) is 11.1. The van der Waals surface area contributed by atoms with E-state index in [0.717, 1.165) is 19.8 Å². The molecule has 1 atom stereocenters. The van der Waals surface area contributed by atoms with Crippen LogP contribution in [0.25, 0.3) is 0 Å². The second-order valence-corrected chi connectivity index (χ2v) is 4.31. The highest BCUT2D eigenvalue weighted by Gasteiger charge is 1.96. The van der Waals surface area contributed by atoms with Gasteiger partial charge in [-0.05, 0) is 32.6 Å². The van der Waals surface area contributed by atoms with Crippen molar-refractivity contribution in [2.24, 2.45) is 5.92 Å². The van der Waals surface area contributed by atoms with Crippen LogP contribution in [0.2, 0.25) is 0 Å². The molecule has 3 nitrogen and oxygen atoms in total. The third kappa shape index (κ3) is 23.2. The molecule has 0 spiro atoms. The van der Waals surface area contributed by atoms with Crippen LogP contribution in [0, 0.1) is 5.92 Å². The van der Waals surface area contributed by atoms with Gasteiger partial charge in [0.05, 0.1) is 0 Å². The van der Waals surface area contributed by atoms with Crippen LogP contribution in [0.15, 0.2) is 11.6 Å². The summed E-state index contributed by atoms with van der Waals surface area (Å²) in [4.78, 5) is 9.00. The van der Waals surface area contributed by atoms with Gasteiger partial charge in [-0.1, -0.05) is 31.4 Å². The maximum atomic E-state index is 9.00. The van der Waals surface area contributed by atoms with Gasteiger partial charge < -0.3 is 10.2 Å². The lowest BCUT2D eigenvalue weighted by Crippen LogP contribution is -1.91. The minimum Gasteiger partial charge on any atom is -0.481 e. The topological polar surface area (TPSA) is 57.5 Å². The van der Waals surface area contributed by atoms with Gasteiger partial charge in [0.25, 0.3) is 5.97 Å². The number of hydrogen-bond acceptors (Lipinski definition) is 2. The fourth-order valence-electron chi connectivity index (χ4n) is 1.41. The number of unbranched alkanes of at least 4 members (excludes halogenated alkanes) is 2. The Morgan fingerprint density at radius 1 is 1.19 bits per heavy atom. The largest absolute Gasteiger partial charge is 0.481 e. The van der Waals surface area contributed by atoms with Crippen LogP contribution in [0.1, 0.15) is 53.4 Å². The van der Waals surface area contributed by atoms with E-state index >= 15 is 0 Å². The van der Waals surface area contributed by atoms with Crippen molar-refractivity contribution in [3.8, 4) is 0 Å². The number of allylic oxidation sites excluding steroid dienone is 2. The van der Waals surface area contributed by atoms with Crippen LogP contribution in [-0.4, -0.2) is 22.8 Å². The molecule has 0 amide bonds. The Bertz CT molecular complexity index is 189. The second kappa shape index (κ2) is 12.2. The molecule has 0 bridgehead atoms. The fourth-order valence-corrected chi connectivity index (χ4v) is 1.41. The highest BCUT2D eigenvalue weighted by atomic mass is 16.4. The number of aliphatic hydroxyl groups is 1. The number of aliphatic hydroxyl groups excluding tert-OH is 1. The molecule has 0 saturated carbocycles. The van der Waals surface area contributed by atoms with Crippen molar-refractivity contribution < 1.29 is 15.0 Å². The molecule has 0 fully saturated rings. The Morgan fingerprint density at radius 2 is 1.69 bits per heavy atom. The molecular formula is C13H26O3. The molecule has 16 heavy (non-hydrogen) atoms. The standard InChI is InChI=1S/C11H22O.C2H4O2/c1-10(2)9-11(3)7-5-4-6-8-12;1-2(3)4/h9,11-12H,4-8H2,1-3H3;1H3,(H,3,4). The Labute approximate surface area is 99.2 Å². The van der Waals surface area contributed by atoms with E-state index in [1.807, 2.05) is 0 Å². The Balaban J connectivity index is 0. The zero-order valence-electron chi connectivity index (χ0n) is 11.0. The summed E-state index contributed by atoms with van der Waals surface area (Å²) in [7, 11) is 0. The molecule has 0 aromatic rings. The fraction of sp³-hybridized carbons (Fsp3) is 0.769. The molecule has 2 N–H and O–H groups in total. The maximum absolute atomic E-state index is 9.00. The van der Waals surface area contributed by atoms with Crippen LogP contribution in [-0.2, 0) is 4.79 Å². The average molecular weight is 230 g/mol. The van der Waals surface area contributed by atoms with E-state index in [1.165, 1.54) is 18.4 Å². The predicted molar refractivity (Wildman–Crippen MR) is 67.5 cm³/mol. The lowest BCUT2D eigenvalue weighted by Gasteiger charge is -2.05. The number of carboxylic acid groups (broad SMARTS) is 1. The summed E-state index contributed by atoms with van der Waals surface area (Å²) in [6, 6.07) is 0. The highest BCUT2D eigenvalue weighted by molar-refractivity contribution is 5.62. The summed E-state index contributed by atoms with van der Waals surface area (Å²) < 4.78 is 0. The number of carbonyl (C=O) groups is 1. The Kier molecular flexibility index (Phi) is 13.4. The smallest absolute Gasteiger partial charge is 0.300 e. The monoisotopic (exact) mass is 230 g/mol. The lowest BCUT2D eigenvalue weighted by molar-refractivity contribution is -0.134. The van der Waals surface area contributed by atoms with Crippen molar-refractivity contribution >= 4 is 5.97 Å². The minimum absolute atomic E-state index is 0.344. The molecule has 1 unspecified atom stereocenters. The maximum Gasteiger partial charge on any atom is 0.300 e. The van der Waals surface area contributed by atoms with Crippen LogP contribution < -0.4 is 0 Å². The SMILES string of the molecule is CC(=O)O.CC(C)=CC(C)CCCCCO. The first-order chi connectivity index (χ1) is 7.40. The van der Waals surface area contributed by atoms with Gasteiger partial charge >= 0.3 is 0 Å². The van der Waals surface area contributed by atoms with Gasteiger partial charge in [-0.25, -0.2) is 0 Å². The third-order valence-corrected chi connectivity index (χ3v) is 1.94. The van der Waals surface area contributed by atoms with E-state index in [0.29, 0.717) is 12.5 Å². The average Bonchev–Trinajstić information content (AvgIpc) is 2.10. The molecule has 0 saturated heterocycles. The summed E-state index contributed by atoms with van der Waals surface area (Å²) in [6.07, 6.45) is 6.94. The molecule has 0 radical (unpaired) electrons. The van der Waals surface area contributed by atoms with Crippen LogP contribution in [0.5, 0.6) is 0 Å². The van der Waals surface area contributed by atoms with Gasteiger partial charge in [-0.3, -0.25) is 4.79 Å². The van der Waals surface area contributed by atoms with Crippen LogP contribution >= 0.6 is 0 Å². The summed E-state index contributed by atoms with van der Waals surface area (Å²) in [5.74, 6) is -0.131. The number of aliphatic carboxylic acids is 1. The Morgan fingerprint density at radius 3 is 2.06 bits per heavy atom. The lowest BCUT2D eigenvalue weighted by atomic mass is 10.0. The molecule has 0 heterocycles. The van der Waals surface area contributed by atoms with Crippen molar-refractivity contribution in [1.29, 1.82) is 0 Å². The van der Waals surface area contributed by atoms with E-state index in [2.05, 4.69) is 26.8 Å². The van der Waals surface area contributed by atoms with Crippen LogP contribution in [0.3, 0.4) is 0 Å². The van der Waals surface area contributed by atoms with Gasteiger partial charge in [0.15, 0.2) is 0 Å². The zero-order chi connectivity index (χ0) is 13.0. The van der Waals surface area contributed by atoms with Gasteiger partial charge in [-0.2, -0.15) is 0 Å². The molecule has 0 aromatic carbocycles. The first-order valence-electron chi connectivity index (χ1n) is 5.85. The van der Waals surface area contributed by atoms with E-state index in [1.54, 1.807) is 0 Å². The van der Waals surface area contributed by atoms with Gasteiger partial charge in [-0.15, -0.1) is 0 Å². The van der Waals surface area contributed by atoms with Gasteiger partial charge in [0, 0.05) is 13.5 Å². The molecular weight excluding hydrogens is 204 g/mol. The number of rotatable bonds is 6. The van der Waals surface area contributed by atoms with Crippen LogP contribution in [0.4, 0.5) is 0 Å². The molecule has 0 aliphatic heterocycles. The van der Waals surface area contributed by atoms with Crippen molar-refractivity contribution in [2.45, 2.75) is 53.4 Å². The predicted octanol–water partition coefficient (Wildman–Crippen LogP) is 3.23. The second-order valence-electron chi connectivity index (χ2n) is 4.31. The van der Waals surface area contributed by atoms with Crippen molar-refractivity contribution in [3.63, 3.8) is 0 Å². The summed E-state index contributed by atoms with van der Waals surface area (Å²) in [6.45, 7) is 7.97. The summed E-state index contributed by atoms with van der Waals surface area (Å²) in [5, 5.41) is 16.0. The molecule has 3 heteroatoms. The third-order valence-electron chi connectivity index (χ3n) is 1.94. The van der Waals surface area contributed by atoms with Gasteiger partial charge in [0.1, 0.15) is 0 Å². The Hall–Kier alpha value is -0.830. The first kappa shape index (κ1) is 17.6. The molecule has 0 rings (SSSR count). The first-order valence-corrected chi connectivity index (χ1v) is 5.85. The molecule has 96 valence electrons. The summed E-state index contributed by atoms with van der Waals surface area (Å²) in [5.41, 5.74) is 1.41. The van der Waals surface area contributed by atoms with Gasteiger partial charge in [0.2, 0.25) is 0 Å². The van der Waals surface area contributed by atoms with Crippen molar-refractivity contribution in [2.75, 3.05) is 6.61 Å². The molecule has 0 aromatic heterocycles. The minimum atomic E-state index is -0.833.